The van der Waals surface area contributed by atoms with Crippen molar-refractivity contribution in [2.45, 2.75) is 45.6 Å². The average molecular weight is 343 g/mol. The number of nitrogens with one attached hydrogen (secondary N) is 2. The number of nitrogens with zero attached hydrogens (tertiary/aromatic N) is 3. The van der Waals surface area contributed by atoms with E-state index >= 15 is 0 Å². The SMILES string of the molecule is Cc1nc(NCCCCOc2cccc(CN3CCCCC3)c2)n[nH]1. The predicted octanol–water partition coefficient (Wildman–Crippen LogP) is 3.37. The van der Waals surface area contributed by atoms with Gasteiger partial charge in [0.25, 0.3) is 0 Å². The van der Waals surface area contributed by atoms with Crippen LogP contribution in [0.2, 0.25) is 0 Å². The molecule has 1 aliphatic heterocycles. The van der Waals surface area contributed by atoms with Crippen molar-refractivity contribution in [2.75, 3.05) is 31.6 Å². The van der Waals surface area contributed by atoms with Crippen molar-refractivity contribution in [1.82, 2.24) is 20.1 Å². The topological polar surface area (TPSA) is 66.1 Å². The van der Waals surface area contributed by atoms with E-state index in [4.69, 9.17) is 4.74 Å². The lowest BCUT2D eigenvalue weighted by molar-refractivity contribution is 0.220. The number of aromatic nitrogens is 3. The third kappa shape index (κ3) is 6.05. The maximum absolute atomic E-state index is 5.91. The Morgan fingerprint density at radius 3 is 2.88 bits per heavy atom. The summed E-state index contributed by atoms with van der Waals surface area (Å²) in [4.78, 5) is 6.76. The van der Waals surface area contributed by atoms with Crippen LogP contribution in [0.5, 0.6) is 5.75 Å². The van der Waals surface area contributed by atoms with Crippen molar-refractivity contribution in [1.29, 1.82) is 0 Å². The average Bonchev–Trinajstić information content (AvgIpc) is 3.04. The van der Waals surface area contributed by atoms with Gasteiger partial charge in [0.1, 0.15) is 11.6 Å². The van der Waals surface area contributed by atoms with Gasteiger partial charge in [0.05, 0.1) is 6.61 Å². The first-order chi connectivity index (χ1) is 12.3. The molecule has 0 atom stereocenters. The van der Waals surface area contributed by atoms with Crippen LogP contribution in [-0.2, 0) is 6.54 Å². The molecule has 1 aromatic carbocycles. The molecule has 0 radical (unpaired) electrons. The molecule has 0 unspecified atom stereocenters. The minimum Gasteiger partial charge on any atom is -0.494 e. The molecule has 2 heterocycles. The number of benzene rings is 1. The molecule has 1 saturated heterocycles. The molecule has 1 aliphatic rings. The quantitative estimate of drug-likeness (QED) is 0.683. The summed E-state index contributed by atoms with van der Waals surface area (Å²) in [5.74, 6) is 2.48. The Morgan fingerprint density at radius 2 is 2.08 bits per heavy atom. The van der Waals surface area contributed by atoms with Gasteiger partial charge in [-0.3, -0.25) is 10.00 Å². The van der Waals surface area contributed by atoms with E-state index in [0.717, 1.165) is 44.1 Å². The Bertz CT molecular complexity index is 636. The Labute approximate surface area is 150 Å². The minimum atomic E-state index is 0.670. The van der Waals surface area contributed by atoms with Gasteiger partial charge in [-0.05, 0) is 63.4 Å². The molecule has 2 N–H and O–H groups in total. The Hall–Kier alpha value is -2.08. The zero-order chi connectivity index (χ0) is 17.3. The van der Waals surface area contributed by atoms with E-state index < -0.39 is 0 Å². The summed E-state index contributed by atoms with van der Waals surface area (Å²) in [6.07, 6.45) is 6.08. The van der Waals surface area contributed by atoms with Crippen LogP contribution in [0.15, 0.2) is 24.3 Å². The number of anilines is 1. The highest BCUT2D eigenvalue weighted by atomic mass is 16.5. The summed E-state index contributed by atoms with van der Waals surface area (Å²) >= 11 is 0. The number of unbranched alkanes of at least 4 members (excludes halogenated alkanes) is 1. The van der Waals surface area contributed by atoms with E-state index in [9.17, 15) is 0 Å². The fourth-order valence-corrected chi connectivity index (χ4v) is 3.15. The van der Waals surface area contributed by atoms with E-state index in [1.54, 1.807) is 0 Å². The van der Waals surface area contributed by atoms with E-state index in [2.05, 4.69) is 43.6 Å². The molecule has 0 saturated carbocycles. The molecule has 3 rings (SSSR count). The maximum Gasteiger partial charge on any atom is 0.242 e. The van der Waals surface area contributed by atoms with E-state index in [1.165, 1.54) is 37.9 Å². The summed E-state index contributed by atoms with van der Waals surface area (Å²) in [5.41, 5.74) is 1.35. The fourth-order valence-electron chi connectivity index (χ4n) is 3.15. The first-order valence-electron chi connectivity index (χ1n) is 9.36. The highest BCUT2D eigenvalue weighted by Crippen LogP contribution is 2.17. The molecule has 0 aliphatic carbocycles. The lowest BCUT2D eigenvalue weighted by atomic mass is 10.1. The van der Waals surface area contributed by atoms with Gasteiger partial charge in [0.2, 0.25) is 5.95 Å². The van der Waals surface area contributed by atoms with Crippen molar-refractivity contribution in [3.05, 3.63) is 35.7 Å². The van der Waals surface area contributed by atoms with Crippen LogP contribution in [0.4, 0.5) is 5.95 Å². The first kappa shape index (κ1) is 17.7. The smallest absolute Gasteiger partial charge is 0.242 e. The van der Waals surface area contributed by atoms with Crippen molar-refractivity contribution in [3.8, 4) is 5.75 Å². The van der Waals surface area contributed by atoms with Gasteiger partial charge >= 0.3 is 0 Å². The van der Waals surface area contributed by atoms with Gasteiger partial charge in [-0.15, -0.1) is 5.10 Å². The second kappa shape index (κ2) is 9.42. The fraction of sp³-hybridized carbons (Fsp3) is 0.579. The second-order valence-electron chi connectivity index (χ2n) is 6.71. The number of ether oxygens (including phenoxy) is 1. The Balaban J connectivity index is 1.33. The van der Waals surface area contributed by atoms with Crippen molar-refractivity contribution in [3.63, 3.8) is 0 Å². The Morgan fingerprint density at radius 1 is 1.20 bits per heavy atom. The molecular weight excluding hydrogens is 314 g/mol. The van der Waals surface area contributed by atoms with Crippen LogP contribution in [0.3, 0.4) is 0 Å². The zero-order valence-corrected chi connectivity index (χ0v) is 15.1. The summed E-state index contributed by atoms with van der Waals surface area (Å²) < 4.78 is 5.91. The number of hydrogen-bond donors (Lipinski definition) is 2. The lowest BCUT2D eigenvalue weighted by Gasteiger charge is -2.26. The van der Waals surface area contributed by atoms with Crippen LogP contribution < -0.4 is 10.1 Å². The zero-order valence-electron chi connectivity index (χ0n) is 15.1. The third-order valence-electron chi connectivity index (χ3n) is 4.47. The number of aryl methyl sites for hydroxylation is 1. The van der Waals surface area contributed by atoms with Gasteiger partial charge < -0.3 is 10.1 Å². The van der Waals surface area contributed by atoms with Crippen molar-refractivity contribution >= 4 is 5.95 Å². The van der Waals surface area contributed by atoms with Gasteiger partial charge in [-0.2, -0.15) is 4.98 Å². The highest BCUT2D eigenvalue weighted by Gasteiger charge is 2.10. The lowest BCUT2D eigenvalue weighted by Crippen LogP contribution is -2.29. The molecule has 6 nitrogen and oxygen atoms in total. The standard InChI is InChI=1S/C19H29N5O/c1-16-21-19(23-22-16)20-10-3-6-13-25-18-9-7-8-17(14-18)15-24-11-4-2-5-12-24/h7-9,14H,2-6,10-13,15H2,1H3,(H2,20,21,22,23). The van der Waals surface area contributed by atoms with Crippen LogP contribution in [0.1, 0.15) is 43.5 Å². The predicted molar refractivity (Wildman–Crippen MR) is 99.9 cm³/mol. The van der Waals surface area contributed by atoms with Gasteiger partial charge in [0.15, 0.2) is 0 Å². The normalized spacial score (nSPS) is 15.2. The maximum atomic E-state index is 5.91. The summed E-state index contributed by atoms with van der Waals surface area (Å²) in [5, 5.41) is 10.1. The first-order valence-corrected chi connectivity index (χ1v) is 9.36. The molecule has 136 valence electrons. The highest BCUT2D eigenvalue weighted by molar-refractivity contribution is 5.28. The summed E-state index contributed by atoms with van der Waals surface area (Å²) in [7, 11) is 0. The van der Waals surface area contributed by atoms with Crippen LogP contribution in [0.25, 0.3) is 0 Å². The number of H-pyrrole nitrogens is 1. The summed E-state index contributed by atoms with van der Waals surface area (Å²) in [6.45, 7) is 6.98. The largest absolute Gasteiger partial charge is 0.494 e. The van der Waals surface area contributed by atoms with Crippen molar-refractivity contribution < 1.29 is 4.74 Å². The molecule has 0 amide bonds. The van der Waals surface area contributed by atoms with Gasteiger partial charge in [-0.1, -0.05) is 18.6 Å². The van der Waals surface area contributed by atoms with E-state index in [-0.39, 0.29) is 0 Å². The Kier molecular flexibility index (Phi) is 6.68. The molecule has 1 aromatic heterocycles. The van der Waals surface area contributed by atoms with Gasteiger partial charge in [0, 0.05) is 13.1 Å². The van der Waals surface area contributed by atoms with Crippen LogP contribution in [-0.4, -0.2) is 46.3 Å². The summed E-state index contributed by atoms with van der Waals surface area (Å²) in [6, 6.07) is 8.53. The molecule has 0 spiro atoms. The molecule has 2 aromatic rings. The molecule has 25 heavy (non-hydrogen) atoms. The van der Waals surface area contributed by atoms with E-state index in [0.29, 0.717) is 5.95 Å². The van der Waals surface area contributed by atoms with E-state index in [1.807, 2.05) is 13.0 Å². The monoisotopic (exact) mass is 343 g/mol. The second-order valence-corrected chi connectivity index (χ2v) is 6.71. The molecular formula is C19H29N5O. The number of aromatic amines is 1. The number of hydrogen-bond acceptors (Lipinski definition) is 5. The van der Waals surface area contributed by atoms with Crippen molar-refractivity contribution in [2.24, 2.45) is 0 Å². The molecule has 1 fully saturated rings. The number of likely N-dealkylation sites (tertiary alicyclic amines) is 1. The van der Waals surface area contributed by atoms with Crippen LogP contribution >= 0.6 is 0 Å². The number of rotatable bonds is 9. The molecule has 6 heteroatoms. The van der Waals surface area contributed by atoms with Gasteiger partial charge in [-0.25, -0.2) is 0 Å². The van der Waals surface area contributed by atoms with Crippen LogP contribution in [0, 0.1) is 6.92 Å². The molecule has 0 bridgehead atoms. The third-order valence-corrected chi connectivity index (χ3v) is 4.47. The minimum absolute atomic E-state index is 0.670. The number of piperidine rings is 1.